The number of para-hydroxylation sites is 4. The highest BCUT2D eigenvalue weighted by molar-refractivity contribution is 6.19. The summed E-state index contributed by atoms with van der Waals surface area (Å²) in [4.78, 5) is 15.4. The Morgan fingerprint density at radius 3 is 1.40 bits per heavy atom. The van der Waals surface area contributed by atoms with Crippen molar-refractivity contribution in [3.63, 3.8) is 0 Å². The minimum atomic E-state index is 0.579. The van der Waals surface area contributed by atoms with Gasteiger partial charge in [0.15, 0.2) is 17.5 Å². The normalized spacial score (nSPS) is 11.9. The summed E-state index contributed by atoms with van der Waals surface area (Å²) in [6.45, 7) is 0. The molecule has 0 aliphatic carbocycles. The Labute approximate surface area is 326 Å². The monoisotopic (exact) mass is 729 g/mol. The molecule has 0 bridgehead atoms. The van der Waals surface area contributed by atoms with Crippen molar-refractivity contribution in [3.05, 3.63) is 188 Å². The molecule has 57 heavy (non-hydrogen) atoms. The molecule has 4 aromatic heterocycles. The Morgan fingerprint density at radius 2 is 0.807 bits per heavy atom. The molecule has 0 saturated heterocycles. The molecule has 12 rings (SSSR count). The molecular weight excluding hydrogens is 699 g/mol. The number of rotatable bonds is 5. The SMILES string of the molecule is c1ccc(-c2nc(-c3ccccc3)nc(-c3cc(-n4c5ccccc5c5cc6c(cc54)c4ccccc4n6-c4ccccc4)cc4oc5ccccc5c34)n2)cc1. The van der Waals surface area contributed by atoms with E-state index >= 15 is 0 Å². The van der Waals surface area contributed by atoms with Crippen molar-refractivity contribution in [1.29, 1.82) is 0 Å². The van der Waals surface area contributed by atoms with E-state index in [0.717, 1.165) is 61.0 Å². The molecule has 0 spiro atoms. The fourth-order valence-corrected chi connectivity index (χ4v) is 8.64. The summed E-state index contributed by atoms with van der Waals surface area (Å²) in [5, 5.41) is 6.71. The van der Waals surface area contributed by atoms with Gasteiger partial charge in [-0.05, 0) is 48.5 Å². The molecule has 0 fully saturated rings. The fourth-order valence-electron chi connectivity index (χ4n) is 8.64. The zero-order valence-corrected chi connectivity index (χ0v) is 30.5. The van der Waals surface area contributed by atoms with Gasteiger partial charge in [0.05, 0.1) is 27.8 Å². The lowest BCUT2D eigenvalue weighted by Crippen LogP contribution is -2.01. The van der Waals surface area contributed by atoms with Crippen LogP contribution in [0.5, 0.6) is 0 Å². The summed E-state index contributed by atoms with van der Waals surface area (Å²) in [5.74, 6) is 1.80. The predicted molar refractivity (Wildman–Crippen MR) is 232 cm³/mol. The maximum Gasteiger partial charge on any atom is 0.164 e. The van der Waals surface area contributed by atoms with Gasteiger partial charge in [-0.15, -0.1) is 0 Å². The second-order valence-corrected chi connectivity index (χ2v) is 14.4. The molecule has 266 valence electrons. The van der Waals surface area contributed by atoms with E-state index in [9.17, 15) is 0 Å². The third-order valence-electron chi connectivity index (χ3n) is 11.1. The maximum atomic E-state index is 6.70. The number of hydrogen-bond donors (Lipinski definition) is 0. The molecule has 6 heteroatoms. The molecule has 0 aliphatic rings. The third-order valence-corrected chi connectivity index (χ3v) is 11.1. The van der Waals surface area contributed by atoms with Crippen molar-refractivity contribution in [2.24, 2.45) is 0 Å². The molecular formula is C51H31N5O. The Hall–Kier alpha value is -7.83. The Morgan fingerprint density at radius 1 is 0.333 bits per heavy atom. The summed E-state index contributed by atoms with van der Waals surface area (Å²) >= 11 is 0. The Kier molecular flexibility index (Phi) is 6.83. The van der Waals surface area contributed by atoms with E-state index < -0.39 is 0 Å². The van der Waals surface area contributed by atoms with E-state index in [4.69, 9.17) is 19.4 Å². The van der Waals surface area contributed by atoms with Crippen molar-refractivity contribution in [2.75, 3.05) is 0 Å². The third kappa shape index (κ3) is 4.87. The fraction of sp³-hybridized carbons (Fsp3) is 0. The molecule has 0 unspecified atom stereocenters. The smallest absolute Gasteiger partial charge is 0.164 e. The topological polar surface area (TPSA) is 61.7 Å². The van der Waals surface area contributed by atoms with Crippen LogP contribution in [0.2, 0.25) is 0 Å². The summed E-state index contributed by atoms with van der Waals surface area (Å²) in [5.41, 5.74) is 10.9. The summed E-state index contributed by atoms with van der Waals surface area (Å²) in [6, 6.07) is 65.5. The molecule has 0 saturated carbocycles. The van der Waals surface area contributed by atoms with Gasteiger partial charge in [-0.1, -0.05) is 133 Å². The van der Waals surface area contributed by atoms with E-state index in [-0.39, 0.29) is 0 Å². The first-order valence-electron chi connectivity index (χ1n) is 19.1. The van der Waals surface area contributed by atoms with Crippen molar-refractivity contribution in [2.45, 2.75) is 0 Å². The van der Waals surface area contributed by atoms with E-state index in [1.165, 1.54) is 32.6 Å². The van der Waals surface area contributed by atoms with Crippen LogP contribution in [0, 0.1) is 0 Å². The van der Waals surface area contributed by atoms with Gasteiger partial charge in [0.25, 0.3) is 0 Å². The standard InChI is InChI=1S/C51H31N5O/c1-4-16-32(17-5-1)49-52-50(33-18-6-2-7-19-33)54-51(53-49)41-28-35(29-47-48(41)38-24-12-15-27-46(38)57-47)56-43-26-14-11-23-37(43)40-30-44-39(31-45(40)56)36-22-10-13-25-42(36)55(44)34-20-8-3-9-21-34/h1-31H. The van der Waals surface area contributed by atoms with Gasteiger partial charge in [0.2, 0.25) is 0 Å². The van der Waals surface area contributed by atoms with Crippen molar-refractivity contribution in [1.82, 2.24) is 24.1 Å². The highest BCUT2D eigenvalue weighted by Gasteiger charge is 2.23. The summed E-state index contributed by atoms with van der Waals surface area (Å²) < 4.78 is 11.4. The van der Waals surface area contributed by atoms with Crippen molar-refractivity contribution < 1.29 is 4.42 Å². The lowest BCUT2D eigenvalue weighted by molar-refractivity contribution is 0.668. The van der Waals surface area contributed by atoms with Crippen LogP contribution in [0.25, 0.3) is 111 Å². The van der Waals surface area contributed by atoms with Crippen molar-refractivity contribution >= 4 is 65.6 Å². The number of furan rings is 1. The summed E-state index contributed by atoms with van der Waals surface area (Å²) in [7, 11) is 0. The molecule has 4 heterocycles. The van der Waals surface area contributed by atoms with Crippen LogP contribution in [0.4, 0.5) is 0 Å². The maximum absolute atomic E-state index is 6.70. The van der Waals surface area contributed by atoms with Crippen LogP contribution >= 0.6 is 0 Å². The minimum Gasteiger partial charge on any atom is -0.456 e. The average molecular weight is 730 g/mol. The number of aromatic nitrogens is 5. The molecule has 0 atom stereocenters. The van der Waals surface area contributed by atoms with Crippen LogP contribution < -0.4 is 0 Å². The van der Waals surface area contributed by atoms with Crippen LogP contribution in [0.15, 0.2) is 192 Å². The number of nitrogens with zero attached hydrogens (tertiary/aromatic N) is 5. The second-order valence-electron chi connectivity index (χ2n) is 14.4. The van der Waals surface area contributed by atoms with Gasteiger partial charge in [0, 0.05) is 60.8 Å². The van der Waals surface area contributed by atoms with Crippen LogP contribution in [0.3, 0.4) is 0 Å². The number of hydrogen-bond acceptors (Lipinski definition) is 4. The Balaban J connectivity index is 1.19. The van der Waals surface area contributed by atoms with Crippen LogP contribution in [0.1, 0.15) is 0 Å². The van der Waals surface area contributed by atoms with Gasteiger partial charge in [-0.25, -0.2) is 15.0 Å². The lowest BCUT2D eigenvalue weighted by atomic mass is 10.0. The molecule has 12 aromatic rings. The molecule has 6 nitrogen and oxygen atoms in total. The van der Waals surface area contributed by atoms with Crippen molar-refractivity contribution in [3.8, 4) is 45.5 Å². The summed E-state index contributed by atoms with van der Waals surface area (Å²) in [6.07, 6.45) is 0. The van der Waals surface area contributed by atoms with E-state index in [1.807, 2.05) is 72.8 Å². The molecule has 0 N–H and O–H groups in total. The molecule has 0 amide bonds. The van der Waals surface area contributed by atoms with Crippen LogP contribution in [-0.4, -0.2) is 24.1 Å². The number of fused-ring (bicyclic) bond motifs is 9. The van der Waals surface area contributed by atoms with Crippen LogP contribution in [-0.2, 0) is 0 Å². The van der Waals surface area contributed by atoms with Gasteiger partial charge in [-0.3, -0.25) is 0 Å². The Bertz CT molecular complexity index is 3450. The quantitative estimate of drug-likeness (QED) is 0.177. The van der Waals surface area contributed by atoms with Gasteiger partial charge < -0.3 is 13.6 Å². The number of benzene rings is 8. The highest BCUT2D eigenvalue weighted by atomic mass is 16.3. The average Bonchev–Trinajstić information content (AvgIpc) is 3.93. The zero-order chi connectivity index (χ0) is 37.5. The molecule has 0 aliphatic heterocycles. The van der Waals surface area contributed by atoms with Gasteiger partial charge in [0.1, 0.15) is 11.2 Å². The molecule has 8 aromatic carbocycles. The van der Waals surface area contributed by atoms with E-state index in [0.29, 0.717) is 17.5 Å². The second kappa shape index (κ2) is 12.3. The zero-order valence-electron chi connectivity index (χ0n) is 30.5. The first-order chi connectivity index (χ1) is 28.3. The van der Waals surface area contributed by atoms with Gasteiger partial charge in [-0.2, -0.15) is 0 Å². The van der Waals surface area contributed by atoms with E-state index in [1.54, 1.807) is 0 Å². The lowest BCUT2D eigenvalue weighted by Gasteiger charge is -2.13. The highest BCUT2D eigenvalue weighted by Crippen LogP contribution is 2.43. The molecule has 0 radical (unpaired) electrons. The predicted octanol–water partition coefficient (Wildman–Crippen LogP) is 13.0. The minimum absolute atomic E-state index is 0.579. The largest absolute Gasteiger partial charge is 0.456 e. The first kappa shape index (κ1) is 31.5. The van der Waals surface area contributed by atoms with Gasteiger partial charge >= 0.3 is 0 Å². The van der Waals surface area contributed by atoms with E-state index in [2.05, 4.69) is 124 Å². The first-order valence-corrected chi connectivity index (χ1v) is 19.1.